The van der Waals surface area contributed by atoms with E-state index in [2.05, 4.69) is 6.58 Å². The van der Waals surface area contributed by atoms with Crippen molar-refractivity contribution < 1.29 is 19.2 Å². The molecule has 2 atom stereocenters. The van der Waals surface area contributed by atoms with Crippen LogP contribution in [0.3, 0.4) is 0 Å². The normalized spacial score (nSPS) is 18.9. The molecule has 0 amide bonds. The van der Waals surface area contributed by atoms with Crippen molar-refractivity contribution in [2.45, 2.75) is 37.7 Å². The van der Waals surface area contributed by atoms with Gasteiger partial charge in [-0.05, 0) is 37.0 Å². The summed E-state index contributed by atoms with van der Waals surface area (Å²) in [6.45, 7) is 3.77. The van der Waals surface area contributed by atoms with Gasteiger partial charge in [0.2, 0.25) is 0 Å². The third-order valence-electron chi connectivity index (χ3n) is 5.16. The third-order valence-corrected chi connectivity index (χ3v) is 5.16. The first-order valence-electron chi connectivity index (χ1n) is 9.29. The number of esters is 1. The van der Waals surface area contributed by atoms with Crippen molar-refractivity contribution in [3.63, 3.8) is 0 Å². The predicted molar refractivity (Wildman–Crippen MR) is 106 cm³/mol. The molecule has 1 saturated carbocycles. The molecule has 0 saturated heterocycles. The third kappa shape index (κ3) is 4.22. The maximum atomic E-state index is 12.8. The molecule has 0 aromatic heterocycles. The van der Waals surface area contributed by atoms with Gasteiger partial charge in [-0.3, -0.25) is 10.1 Å². The Bertz CT molecular complexity index is 878. The molecule has 0 bridgehead atoms. The monoisotopic (exact) mass is 381 g/mol. The maximum absolute atomic E-state index is 12.8. The molecule has 2 aromatic carbocycles. The molecule has 6 nitrogen and oxygen atoms in total. The van der Waals surface area contributed by atoms with Crippen LogP contribution in [-0.2, 0) is 9.53 Å². The summed E-state index contributed by atoms with van der Waals surface area (Å²) in [7, 11) is 1.46. The fourth-order valence-electron chi connectivity index (χ4n) is 3.68. The van der Waals surface area contributed by atoms with E-state index in [0.717, 1.165) is 31.2 Å². The summed E-state index contributed by atoms with van der Waals surface area (Å²) in [5, 5.41) is 11.3. The Labute approximate surface area is 163 Å². The van der Waals surface area contributed by atoms with Crippen LogP contribution in [0.4, 0.5) is 5.69 Å². The molecule has 146 valence electrons. The predicted octanol–water partition coefficient (Wildman–Crippen LogP) is 4.89. The molecule has 1 aliphatic rings. The number of nitrogens with zero attached hydrogens (tertiary/aromatic N) is 1. The summed E-state index contributed by atoms with van der Waals surface area (Å²) in [6, 6.07) is 14.2. The molecule has 28 heavy (non-hydrogen) atoms. The fraction of sp³-hybridized carbons (Fsp3) is 0.318. The Hall–Kier alpha value is -3.15. The minimum atomic E-state index is -0.635. The highest BCUT2D eigenvalue weighted by atomic mass is 16.6. The van der Waals surface area contributed by atoms with Gasteiger partial charge < -0.3 is 9.47 Å². The van der Waals surface area contributed by atoms with Crippen LogP contribution >= 0.6 is 0 Å². The summed E-state index contributed by atoms with van der Waals surface area (Å²) < 4.78 is 10.9. The molecule has 0 radical (unpaired) electrons. The van der Waals surface area contributed by atoms with E-state index in [1.807, 2.05) is 30.3 Å². The molecule has 0 heterocycles. The first kappa shape index (κ1) is 19.6. The number of benzene rings is 2. The highest BCUT2D eigenvalue weighted by Crippen LogP contribution is 2.36. The average Bonchev–Trinajstić information content (AvgIpc) is 2.73. The van der Waals surface area contributed by atoms with Crippen molar-refractivity contribution in [3.8, 4) is 5.75 Å². The molecular formula is C22H23NO5. The molecular weight excluding hydrogens is 358 g/mol. The van der Waals surface area contributed by atoms with Crippen molar-refractivity contribution >= 4 is 17.2 Å². The minimum Gasteiger partial charge on any atom is -0.497 e. The second kappa shape index (κ2) is 8.69. The lowest BCUT2D eigenvalue weighted by molar-refractivity contribution is -0.385. The summed E-state index contributed by atoms with van der Waals surface area (Å²) >= 11 is 0. The van der Waals surface area contributed by atoms with E-state index in [0.29, 0.717) is 5.75 Å². The highest BCUT2D eigenvalue weighted by Gasteiger charge is 2.31. The lowest BCUT2D eigenvalue weighted by Crippen LogP contribution is -2.29. The van der Waals surface area contributed by atoms with Crippen LogP contribution in [0.25, 0.3) is 5.57 Å². The van der Waals surface area contributed by atoms with Crippen LogP contribution in [0.5, 0.6) is 5.75 Å². The zero-order chi connectivity index (χ0) is 20.1. The first-order chi connectivity index (χ1) is 13.5. The number of carbonyl (C=O) groups excluding carboxylic acids is 1. The number of nitro benzene ring substituents is 1. The largest absolute Gasteiger partial charge is 0.497 e. The molecule has 1 aliphatic carbocycles. The van der Waals surface area contributed by atoms with E-state index < -0.39 is 10.9 Å². The van der Waals surface area contributed by atoms with E-state index in [9.17, 15) is 14.9 Å². The smallest absolute Gasteiger partial charge is 0.338 e. The summed E-state index contributed by atoms with van der Waals surface area (Å²) in [4.78, 5) is 23.6. The Kier molecular flexibility index (Phi) is 6.09. The van der Waals surface area contributed by atoms with Gasteiger partial charge in [-0.15, -0.1) is 0 Å². The van der Waals surface area contributed by atoms with Gasteiger partial charge in [0, 0.05) is 12.0 Å². The van der Waals surface area contributed by atoms with Crippen LogP contribution in [0, 0.1) is 10.1 Å². The molecule has 0 spiro atoms. The van der Waals surface area contributed by atoms with Gasteiger partial charge in [0.25, 0.3) is 5.69 Å². The molecule has 6 heteroatoms. The first-order valence-corrected chi connectivity index (χ1v) is 9.29. The number of nitro groups is 1. The van der Waals surface area contributed by atoms with Gasteiger partial charge >= 0.3 is 5.97 Å². The highest BCUT2D eigenvalue weighted by molar-refractivity contribution is 6.17. The number of methoxy groups -OCH3 is 1. The Morgan fingerprint density at radius 2 is 1.86 bits per heavy atom. The number of ether oxygens (including phenoxy) is 2. The van der Waals surface area contributed by atoms with Crippen molar-refractivity contribution in [2.75, 3.05) is 7.11 Å². The topological polar surface area (TPSA) is 78.7 Å². The van der Waals surface area contributed by atoms with Gasteiger partial charge in [-0.25, -0.2) is 4.79 Å². The van der Waals surface area contributed by atoms with Gasteiger partial charge in [0.1, 0.15) is 11.9 Å². The van der Waals surface area contributed by atoms with Gasteiger partial charge in [-0.1, -0.05) is 43.3 Å². The second-order valence-electron chi connectivity index (χ2n) is 6.86. The summed E-state index contributed by atoms with van der Waals surface area (Å²) in [5.74, 6) is -0.106. The lowest BCUT2D eigenvalue weighted by Gasteiger charge is -2.31. The lowest BCUT2D eigenvalue weighted by atomic mass is 9.81. The van der Waals surface area contributed by atoms with Crippen LogP contribution in [-0.4, -0.2) is 24.1 Å². The van der Waals surface area contributed by atoms with E-state index >= 15 is 0 Å². The molecule has 1 fully saturated rings. The molecule has 2 aromatic rings. The SMILES string of the molecule is C=C(C(=O)O[C@H]1CCCC[C@@H]1c1ccccc1)c1cc(OC)ccc1[N+](=O)[O-]. The maximum Gasteiger partial charge on any atom is 0.338 e. The van der Waals surface area contributed by atoms with E-state index in [4.69, 9.17) is 9.47 Å². The zero-order valence-electron chi connectivity index (χ0n) is 15.8. The van der Waals surface area contributed by atoms with Crippen molar-refractivity contribution in [1.29, 1.82) is 0 Å². The molecule has 3 rings (SSSR count). The van der Waals surface area contributed by atoms with Crippen LogP contribution < -0.4 is 4.74 Å². The average molecular weight is 381 g/mol. The van der Waals surface area contributed by atoms with Crippen molar-refractivity contribution in [1.82, 2.24) is 0 Å². The fourth-order valence-corrected chi connectivity index (χ4v) is 3.68. The Morgan fingerprint density at radius 3 is 2.54 bits per heavy atom. The standard InChI is InChI=1S/C22H23NO5/c1-15(19-14-17(27-2)12-13-20(19)23(25)26)22(24)28-21-11-7-6-10-18(21)16-8-4-3-5-9-16/h3-5,8-9,12-14,18,21H,1,6-7,10-11H2,2H3/t18-,21+/m1/s1. The van der Waals surface area contributed by atoms with Gasteiger partial charge in [0.05, 0.1) is 23.2 Å². The molecule has 0 N–H and O–H groups in total. The van der Waals surface area contributed by atoms with Crippen LogP contribution in [0.2, 0.25) is 0 Å². The molecule has 0 unspecified atom stereocenters. The number of hydrogen-bond acceptors (Lipinski definition) is 5. The van der Waals surface area contributed by atoms with Crippen molar-refractivity contribution in [2.24, 2.45) is 0 Å². The Balaban J connectivity index is 1.82. The summed E-state index contributed by atoms with van der Waals surface area (Å²) in [6.07, 6.45) is 3.49. The van der Waals surface area contributed by atoms with Crippen LogP contribution in [0.15, 0.2) is 55.1 Å². The Morgan fingerprint density at radius 1 is 1.14 bits per heavy atom. The van der Waals surface area contributed by atoms with Crippen molar-refractivity contribution in [3.05, 3.63) is 76.4 Å². The van der Waals surface area contributed by atoms with E-state index in [1.54, 1.807) is 0 Å². The quantitative estimate of drug-likeness (QED) is 0.308. The number of carbonyl (C=O) groups is 1. The van der Waals surface area contributed by atoms with Crippen LogP contribution in [0.1, 0.15) is 42.7 Å². The molecule has 0 aliphatic heterocycles. The number of hydrogen-bond donors (Lipinski definition) is 0. The van der Waals surface area contributed by atoms with E-state index in [-0.39, 0.29) is 28.8 Å². The minimum absolute atomic E-state index is 0.0389. The number of rotatable bonds is 6. The van der Waals surface area contributed by atoms with Gasteiger partial charge in [-0.2, -0.15) is 0 Å². The summed E-state index contributed by atoms with van der Waals surface area (Å²) in [5.41, 5.74) is 1.01. The zero-order valence-corrected chi connectivity index (χ0v) is 15.8. The second-order valence-corrected chi connectivity index (χ2v) is 6.86. The van der Waals surface area contributed by atoms with E-state index in [1.165, 1.54) is 25.3 Å². The van der Waals surface area contributed by atoms with Gasteiger partial charge in [0.15, 0.2) is 0 Å².